The molecule has 4 heteroatoms. The molecule has 2 rings (SSSR count). The van der Waals surface area contributed by atoms with Crippen LogP contribution >= 0.6 is 0 Å². The van der Waals surface area contributed by atoms with Crippen LogP contribution in [-0.4, -0.2) is 25.7 Å². The van der Waals surface area contributed by atoms with Gasteiger partial charge in [0.05, 0.1) is 13.5 Å². The average molecular weight is 263 g/mol. The second-order valence-electron chi connectivity index (χ2n) is 5.50. The maximum Gasteiger partial charge on any atom is 0.307 e. The molecule has 1 N–H and O–H groups in total. The van der Waals surface area contributed by atoms with Gasteiger partial charge in [-0.05, 0) is 26.5 Å². The van der Waals surface area contributed by atoms with Gasteiger partial charge >= 0.3 is 5.97 Å². The van der Waals surface area contributed by atoms with E-state index in [9.17, 15) is 4.79 Å². The van der Waals surface area contributed by atoms with Gasteiger partial charge in [-0.2, -0.15) is 0 Å². The summed E-state index contributed by atoms with van der Waals surface area (Å²) < 4.78 is 10.8. The first-order valence-corrected chi connectivity index (χ1v) is 6.52. The standard InChI is InChI=1S/C15H21NO3/c1-15(2)9-10-6-5-7-11(14(10)19-15)12(16-3)8-13(17)18-4/h5-7,12,16H,8-9H2,1-4H3. The number of methoxy groups -OCH3 is 1. The molecule has 1 unspecified atom stereocenters. The molecule has 1 aromatic rings. The number of carbonyl (C=O) groups excluding carboxylic acids is 1. The molecule has 0 amide bonds. The van der Waals surface area contributed by atoms with Crippen molar-refractivity contribution < 1.29 is 14.3 Å². The second-order valence-corrected chi connectivity index (χ2v) is 5.50. The van der Waals surface area contributed by atoms with Gasteiger partial charge in [0.2, 0.25) is 0 Å². The number of nitrogens with one attached hydrogen (secondary N) is 1. The summed E-state index contributed by atoms with van der Waals surface area (Å²) in [5.41, 5.74) is 2.05. The molecule has 1 atom stereocenters. The minimum absolute atomic E-state index is 0.0868. The summed E-state index contributed by atoms with van der Waals surface area (Å²) in [6, 6.07) is 6.01. The lowest BCUT2D eigenvalue weighted by molar-refractivity contribution is -0.141. The highest BCUT2D eigenvalue weighted by Crippen LogP contribution is 2.40. The molecular weight excluding hydrogens is 242 g/mol. The smallest absolute Gasteiger partial charge is 0.307 e. The third kappa shape index (κ3) is 2.89. The molecule has 1 aliphatic rings. The van der Waals surface area contributed by atoms with Crippen molar-refractivity contribution in [3.63, 3.8) is 0 Å². The number of rotatable bonds is 4. The number of para-hydroxylation sites is 1. The summed E-state index contributed by atoms with van der Waals surface area (Å²) in [5, 5.41) is 3.16. The van der Waals surface area contributed by atoms with E-state index in [4.69, 9.17) is 9.47 Å². The predicted molar refractivity (Wildman–Crippen MR) is 73.3 cm³/mol. The van der Waals surface area contributed by atoms with Crippen LogP contribution in [-0.2, 0) is 16.0 Å². The van der Waals surface area contributed by atoms with Gasteiger partial charge in [0.15, 0.2) is 0 Å². The predicted octanol–water partition coefficient (Wildman–Crippen LogP) is 2.22. The topological polar surface area (TPSA) is 47.6 Å². The van der Waals surface area contributed by atoms with E-state index in [1.165, 1.54) is 12.7 Å². The van der Waals surface area contributed by atoms with Crippen LogP contribution in [0.15, 0.2) is 18.2 Å². The van der Waals surface area contributed by atoms with Crippen molar-refractivity contribution in [1.29, 1.82) is 0 Å². The molecule has 1 aromatic carbocycles. The molecule has 0 saturated carbocycles. The highest BCUT2D eigenvalue weighted by molar-refractivity contribution is 5.70. The van der Waals surface area contributed by atoms with E-state index in [0.717, 1.165) is 17.7 Å². The maximum absolute atomic E-state index is 11.5. The number of hydrogen-bond donors (Lipinski definition) is 1. The van der Waals surface area contributed by atoms with Crippen LogP contribution in [0.5, 0.6) is 5.75 Å². The van der Waals surface area contributed by atoms with Crippen LogP contribution in [0.3, 0.4) is 0 Å². The maximum atomic E-state index is 11.5. The van der Waals surface area contributed by atoms with Gasteiger partial charge in [-0.1, -0.05) is 18.2 Å². The van der Waals surface area contributed by atoms with Crippen LogP contribution < -0.4 is 10.1 Å². The Balaban J connectivity index is 2.31. The van der Waals surface area contributed by atoms with Crippen molar-refractivity contribution in [3.8, 4) is 5.75 Å². The Hall–Kier alpha value is -1.55. The van der Waals surface area contributed by atoms with Crippen LogP contribution in [0.25, 0.3) is 0 Å². The van der Waals surface area contributed by atoms with Gasteiger partial charge in [0.1, 0.15) is 11.4 Å². The van der Waals surface area contributed by atoms with Crippen LogP contribution in [0.2, 0.25) is 0 Å². The molecular formula is C15H21NO3. The second kappa shape index (κ2) is 5.21. The zero-order chi connectivity index (χ0) is 14.0. The molecule has 0 saturated heterocycles. The van der Waals surface area contributed by atoms with Gasteiger partial charge in [-0.3, -0.25) is 4.79 Å². The lowest BCUT2D eigenvalue weighted by Crippen LogP contribution is -2.26. The fourth-order valence-electron chi connectivity index (χ4n) is 2.53. The van der Waals surface area contributed by atoms with Crippen molar-refractivity contribution >= 4 is 5.97 Å². The number of benzene rings is 1. The summed E-state index contributed by atoms with van der Waals surface area (Å²) in [6.07, 6.45) is 1.19. The monoisotopic (exact) mass is 263 g/mol. The van der Waals surface area contributed by atoms with Gasteiger partial charge < -0.3 is 14.8 Å². The molecule has 0 aliphatic carbocycles. The van der Waals surface area contributed by atoms with E-state index in [1.54, 1.807) is 0 Å². The number of fused-ring (bicyclic) bond motifs is 1. The van der Waals surface area contributed by atoms with Crippen LogP contribution in [0.1, 0.15) is 37.4 Å². The van der Waals surface area contributed by atoms with E-state index in [1.807, 2.05) is 19.2 Å². The zero-order valence-electron chi connectivity index (χ0n) is 11.9. The number of hydrogen-bond acceptors (Lipinski definition) is 4. The lowest BCUT2D eigenvalue weighted by Gasteiger charge is -2.21. The van der Waals surface area contributed by atoms with Crippen LogP contribution in [0.4, 0.5) is 0 Å². The van der Waals surface area contributed by atoms with Gasteiger partial charge in [-0.15, -0.1) is 0 Å². The molecule has 0 fully saturated rings. The van der Waals surface area contributed by atoms with Gasteiger partial charge in [0, 0.05) is 18.0 Å². The third-order valence-corrected chi connectivity index (χ3v) is 3.44. The normalized spacial score (nSPS) is 17.5. The highest BCUT2D eigenvalue weighted by atomic mass is 16.5. The van der Waals surface area contributed by atoms with Crippen molar-refractivity contribution in [2.75, 3.05) is 14.2 Å². The Bertz CT molecular complexity index is 482. The fraction of sp³-hybridized carbons (Fsp3) is 0.533. The Morgan fingerprint density at radius 1 is 1.53 bits per heavy atom. The fourth-order valence-corrected chi connectivity index (χ4v) is 2.53. The van der Waals surface area contributed by atoms with E-state index < -0.39 is 0 Å². The summed E-state index contributed by atoms with van der Waals surface area (Å²) in [5.74, 6) is 0.685. The summed E-state index contributed by atoms with van der Waals surface area (Å²) in [7, 11) is 3.25. The van der Waals surface area contributed by atoms with Gasteiger partial charge in [-0.25, -0.2) is 0 Å². The Kier molecular flexibility index (Phi) is 3.80. The Morgan fingerprint density at radius 3 is 2.89 bits per heavy atom. The molecule has 1 aliphatic heterocycles. The highest BCUT2D eigenvalue weighted by Gasteiger charge is 2.33. The van der Waals surface area contributed by atoms with E-state index >= 15 is 0 Å². The molecule has 1 heterocycles. The first-order valence-electron chi connectivity index (χ1n) is 6.52. The Morgan fingerprint density at radius 2 is 2.26 bits per heavy atom. The molecule has 0 bridgehead atoms. The van der Waals surface area contributed by atoms with E-state index in [-0.39, 0.29) is 17.6 Å². The summed E-state index contributed by atoms with van der Waals surface area (Å²) in [4.78, 5) is 11.5. The molecule has 0 aromatic heterocycles. The molecule has 4 nitrogen and oxygen atoms in total. The lowest BCUT2D eigenvalue weighted by atomic mass is 9.97. The molecule has 19 heavy (non-hydrogen) atoms. The van der Waals surface area contributed by atoms with Crippen molar-refractivity contribution in [2.45, 2.75) is 38.3 Å². The van der Waals surface area contributed by atoms with Crippen molar-refractivity contribution in [2.24, 2.45) is 0 Å². The minimum atomic E-state index is -0.228. The van der Waals surface area contributed by atoms with Crippen LogP contribution in [0, 0.1) is 0 Å². The molecule has 104 valence electrons. The van der Waals surface area contributed by atoms with Crippen molar-refractivity contribution in [3.05, 3.63) is 29.3 Å². The number of esters is 1. The van der Waals surface area contributed by atoms with Gasteiger partial charge in [0.25, 0.3) is 0 Å². The largest absolute Gasteiger partial charge is 0.487 e. The first kappa shape index (κ1) is 13.9. The minimum Gasteiger partial charge on any atom is -0.487 e. The summed E-state index contributed by atoms with van der Waals surface area (Å²) in [6.45, 7) is 4.15. The Labute approximate surface area is 114 Å². The quantitative estimate of drug-likeness (QED) is 0.846. The van der Waals surface area contributed by atoms with E-state index in [0.29, 0.717) is 6.42 Å². The number of carbonyl (C=O) groups is 1. The van der Waals surface area contributed by atoms with E-state index in [2.05, 4.69) is 25.2 Å². The summed E-state index contributed by atoms with van der Waals surface area (Å²) >= 11 is 0. The SMILES string of the molecule is CNC(CC(=O)OC)c1cccc2c1OC(C)(C)C2. The third-order valence-electron chi connectivity index (χ3n) is 3.44. The first-order chi connectivity index (χ1) is 8.96. The zero-order valence-corrected chi connectivity index (χ0v) is 11.9. The average Bonchev–Trinajstić information content (AvgIpc) is 2.69. The molecule has 0 radical (unpaired) electrons. The number of ether oxygens (including phenoxy) is 2. The van der Waals surface area contributed by atoms with Crippen molar-refractivity contribution in [1.82, 2.24) is 5.32 Å². The molecule has 0 spiro atoms.